The van der Waals surface area contributed by atoms with Crippen molar-refractivity contribution in [1.82, 2.24) is 26.6 Å². The van der Waals surface area contributed by atoms with Gasteiger partial charge in [0.25, 0.3) is 0 Å². The molecule has 1 fully saturated rings. The van der Waals surface area contributed by atoms with Gasteiger partial charge in [-0.05, 0) is 38.5 Å². The van der Waals surface area contributed by atoms with Crippen LogP contribution in [0.1, 0.15) is 65.2 Å². The molecule has 0 heterocycles. The summed E-state index contributed by atoms with van der Waals surface area (Å²) in [5.74, 6) is -2.77. The number of nitrogens with one attached hydrogen (secondary N) is 5. The molecule has 1 aliphatic carbocycles. The number of carbonyl (C=O) groups is 5. The van der Waals surface area contributed by atoms with Gasteiger partial charge in [-0.15, -0.1) is 0 Å². The molecule has 1 saturated carbocycles. The fourth-order valence-corrected chi connectivity index (χ4v) is 6.11. The molecule has 3 unspecified atom stereocenters. The lowest BCUT2D eigenvalue weighted by Gasteiger charge is -2.30. The normalized spacial score (nSPS) is 17.8. The Hall–Kier alpha value is -2.74. The first-order valence-corrected chi connectivity index (χ1v) is 20.6. The highest BCUT2D eigenvalue weighted by molar-refractivity contribution is 7.53. The number of hydrogen-bond acceptors (Lipinski definition) is 13. The van der Waals surface area contributed by atoms with Crippen molar-refractivity contribution in [3.63, 3.8) is 0 Å². The van der Waals surface area contributed by atoms with Crippen LogP contribution in [0.15, 0.2) is 0 Å². The third kappa shape index (κ3) is 23.8. The van der Waals surface area contributed by atoms with E-state index in [1.165, 1.54) is 0 Å². The lowest BCUT2D eigenvalue weighted by atomic mass is 9.86. The van der Waals surface area contributed by atoms with Crippen molar-refractivity contribution in [3.8, 4) is 0 Å². The third-order valence-corrected chi connectivity index (χ3v) is 10.5. The zero-order chi connectivity index (χ0) is 40.9. The van der Waals surface area contributed by atoms with Crippen molar-refractivity contribution < 1.29 is 66.4 Å². The number of hydrogen-bond donors (Lipinski definition) is 6. The van der Waals surface area contributed by atoms with E-state index in [2.05, 4.69) is 26.6 Å². The van der Waals surface area contributed by atoms with Crippen LogP contribution in [0.2, 0.25) is 0 Å². The molecule has 320 valence electrons. The maximum atomic E-state index is 13.3. The molecule has 0 aromatic carbocycles. The minimum atomic E-state index is -3.77. The van der Waals surface area contributed by atoms with E-state index in [1.54, 1.807) is 35.2 Å². The number of amides is 5. The average molecular weight is 812 g/mol. The largest absolute Gasteiger partial charge is 0.382 e. The Morgan fingerprint density at radius 2 is 1.05 bits per heavy atom. The molecular formula is C35H66N5O14P. The Morgan fingerprint density at radius 3 is 1.51 bits per heavy atom. The summed E-state index contributed by atoms with van der Waals surface area (Å²) < 4.78 is 48.7. The second-order valence-electron chi connectivity index (χ2n) is 13.2. The zero-order valence-corrected chi connectivity index (χ0v) is 34.1. The van der Waals surface area contributed by atoms with Crippen LogP contribution in [-0.4, -0.2) is 159 Å². The molecule has 1 rings (SSSR count). The molecule has 5 amide bonds. The molecule has 0 bridgehead atoms. The van der Waals surface area contributed by atoms with E-state index < -0.39 is 55.1 Å². The molecule has 55 heavy (non-hydrogen) atoms. The summed E-state index contributed by atoms with van der Waals surface area (Å²) in [5, 5.41) is 13.6. The van der Waals surface area contributed by atoms with Crippen LogP contribution in [0, 0.1) is 5.92 Å². The van der Waals surface area contributed by atoms with Crippen molar-refractivity contribution in [1.29, 1.82) is 0 Å². The van der Waals surface area contributed by atoms with Gasteiger partial charge in [0.2, 0.25) is 29.5 Å². The van der Waals surface area contributed by atoms with E-state index in [1.807, 2.05) is 0 Å². The monoisotopic (exact) mass is 811 g/mol. The van der Waals surface area contributed by atoms with Crippen molar-refractivity contribution in [2.24, 2.45) is 5.92 Å². The molecule has 19 nitrogen and oxygen atoms in total. The molecule has 6 N–H and O–H groups in total. The van der Waals surface area contributed by atoms with Crippen LogP contribution in [0.25, 0.3) is 0 Å². The Bertz CT molecular complexity index is 1160. The first kappa shape index (κ1) is 50.3. The second kappa shape index (κ2) is 30.4. The highest BCUT2D eigenvalue weighted by Crippen LogP contribution is 2.50. The Labute approximate surface area is 325 Å². The van der Waals surface area contributed by atoms with Crippen LogP contribution in [0.3, 0.4) is 0 Å². The SMILES string of the molecule is COCCOCCNC(=O)CCC(NC(=O)CCC(NC(=O)[C@H]1CC[C@@H](OP(=O)(O)C(C)C)CC1)C(=O)NCCOCCOC)C(=O)NCCOCCOC. The smallest absolute Gasteiger partial charge is 0.330 e. The maximum absolute atomic E-state index is 13.3. The van der Waals surface area contributed by atoms with Gasteiger partial charge in [0.15, 0.2) is 0 Å². The minimum Gasteiger partial charge on any atom is -0.382 e. The fourth-order valence-electron chi connectivity index (χ4n) is 5.23. The highest BCUT2D eigenvalue weighted by atomic mass is 31.2. The number of rotatable bonds is 32. The topological polar surface area (TPSA) is 247 Å². The number of carbonyl (C=O) groups excluding carboxylic acids is 5. The second-order valence-corrected chi connectivity index (χ2v) is 15.6. The Morgan fingerprint density at radius 1 is 0.618 bits per heavy atom. The molecule has 0 aromatic heterocycles. The summed E-state index contributed by atoms with van der Waals surface area (Å²) in [6.07, 6.45) is 0.749. The first-order valence-electron chi connectivity index (χ1n) is 19.0. The molecular weight excluding hydrogens is 745 g/mol. The predicted molar refractivity (Wildman–Crippen MR) is 201 cm³/mol. The molecule has 20 heteroatoms. The predicted octanol–water partition coefficient (Wildman–Crippen LogP) is 0.0232. The van der Waals surface area contributed by atoms with E-state index in [-0.39, 0.29) is 77.0 Å². The summed E-state index contributed by atoms with van der Waals surface area (Å²) >= 11 is 0. The maximum Gasteiger partial charge on any atom is 0.330 e. The van der Waals surface area contributed by atoms with E-state index in [4.69, 9.17) is 32.9 Å². The van der Waals surface area contributed by atoms with E-state index >= 15 is 0 Å². The van der Waals surface area contributed by atoms with Crippen molar-refractivity contribution in [3.05, 3.63) is 0 Å². The van der Waals surface area contributed by atoms with Gasteiger partial charge < -0.3 is 64.4 Å². The summed E-state index contributed by atoms with van der Waals surface area (Å²) in [5.41, 5.74) is -0.549. The molecule has 0 aliphatic heterocycles. The Balaban J connectivity index is 2.87. The summed E-state index contributed by atoms with van der Waals surface area (Å²) in [7, 11) is 0.874. The molecule has 0 radical (unpaired) electrons. The Kier molecular flexibility index (Phi) is 27.8. The van der Waals surface area contributed by atoms with Gasteiger partial charge in [0.05, 0.1) is 71.2 Å². The third-order valence-electron chi connectivity index (χ3n) is 8.56. The van der Waals surface area contributed by atoms with Gasteiger partial charge in [-0.25, -0.2) is 0 Å². The van der Waals surface area contributed by atoms with Crippen LogP contribution < -0.4 is 26.6 Å². The number of ether oxygens (including phenoxy) is 6. The molecule has 1 aliphatic rings. The minimum absolute atomic E-state index is 0.00249. The molecule has 0 spiro atoms. The lowest BCUT2D eigenvalue weighted by Crippen LogP contribution is -2.51. The number of methoxy groups -OCH3 is 3. The van der Waals surface area contributed by atoms with Gasteiger partial charge in [0.1, 0.15) is 12.1 Å². The summed E-state index contributed by atoms with van der Waals surface area (Å²) in [6, 6.07) is -2.15. The quantitative estimate of drug-likeness (QED) is 0.0388. The van der Waals surface area contributed by atoms with E-state index in [0.29, 0.717) is 65.3 Å². The molecule has 0 saturated heterocycles. The average Bonchev–Trinajstić information content (AvgIpc) is 3.15. The van der Waals surface area contributed by atoms with Crippen LogP contribution in [0.4, 0.5) is 0 Å². The van der Waals surface area contributed by atoms with Crippen LogP contribution in [0.5, 0.6) is 0 Å². The van der Waals surface area contributed by atoms with Crippen LogP contribution >= 0.6 is 7.60 Å². The van der Waals surface area contributed by atoms with Gasteiger partial charge in [-0.3, -0.25) is 28.5 Å². The molecule has 3 atom stereocenters. The standard InChI is InChI=1S/C35H66N5O14P/c1-26(2)55(46,47)54-28-8-6-27(7-9-28)33(43)40-30(35(45)38-16-19-53-25-22-50-5)11-13-32(42)39-29(34(44)37-15-18-52-24-21-49-4)10-12-31(41)36-14-17-51-23-20-48-3/h26-30H,6-25H2,1-5H3,(H,36,41)(H,37,44)(H,38,45)(H,39,42)(H,40,43)(H,46,47)/t27-,28+,29?,30?. The van der Waals surface area contributed by atoms with Crippen molar-refractivity contribution in [2.45, 2.75) is 89.1 Å². The lowest BCUT2D eigenvalue weighted by molar-refractivity contribution is -0.133. The van der Waals surface area contributed by atoms with Gasteiger partial charge >= 0.3 is 7.60 Å². The summed E-state index contributed by atoms with van der Waals surface area (Å²) in [6.45, 7) is 6.76. The van der Waals surface area contributed by atoms with E-state index in [9.17, 15) is 33.4 Å². The van der Waals surface area contributed by atoms with E-state index in [0.717, 1.165) is 0 Å². The summed E-state index contributed by atoms with van der Waals surface area (Å²) in [4.78, 5) is 75.6. The van der Waals surface area contributed by atoms with Gasteiger partial charge in [-0.1, -0.05) is 13.8 Å². The highest BCUT2D eigenvalue weighted by Gasteiger charge is 2.34. The van der Waals surface area contributed by atoms with Crippen molar-refractivity contribution >= 4 is 37.1 Å². The van der Waals surface area contributed by atoms with Gasteiger partial charge in [0, 0.05) is 59.7 Å². The van der Waals surface area contributed by atoms with Gasteiger partial charge in [-0.2, -0.15) is 0 Å². The van der Waals surface area contributed by atoms with Crippen LogP contribution in [-0.2, 0) is 61.5 Å². The fraction of sp³-hybridized carbons (Fsp3) is 0.857. The molecule has 0 aromatic rings. The zero-order valence-electron chi connectivity index (χ0n) is 33.2. The first-order chi connectivity index (χ1) is 26.3. The van der Waals surface area contributed by atoms with Crippen molar-refractivity contribution in [2.75, 3.05) is 100 Å².